The molecule has 3 heteroatoms. The molecule has 2 fully saturated rings. The van der Waals surface area contributed by atoms with Crippen LogP contribution >= 0.6 is 0 Å². The van der Waals surface area contributed by atoms with Crippen molar-refractivity contribution in [3.63, 3.8) is 0 Å². The van der Waals surface area contributed by atoms with E-state index in [1.807, 2.05) is 0 Å². The van der Waals surface area contributed by atoms with Crippen LogP contribution in [0.4, 0.5) is 0 Å². The number of esters is 1. The van der Waals surface area contributed by atoms with Crippen molar-refractivity contribution < 1.29 is 14.3 Å². The lowest BCUT2D eigenvalue weighted by Crippen LogP contribution is -2.16. The fraction of sp³-hybridized carbons (Fsp3) is 0.640. The van der Waals surface area contributed by atoms with Crippen LogP contribution in [0, 0.1) is 5.92 Å². The van der Waals surface area contributed by atoms with E-state index in [9.17, 15) is 4.79 Å². The lowest BCUT2D eigenvalue weighted by Gasteiger charge is -2.29. The molecule has 0 radical (unpaired) electrons. The molecule has 0 spiro atoms. The highest BCUT2D eigenvalue weighted by molar-refractivity contribution is 5.81. The molecule has 0 heterocycles. The van der Waals surface area contributed by atoms with E-state index < -0.39 is 0 Å². The minimum absolute atomic E-state index is 0.309. The largest absolute Gasteiger partial charge is 0.463 e. The number of rotatable bonds is 9. The van der Waals surface area contributed by atoms with Crippen molar-refractivity contribution in [3.8, 4) is 0 Å². The van der Waals surface area contributed by atoms with Crippen molar-refractivity contribution >= 4 is 5.97 Å². The average molecular weight is 385 g/mol. The Labute approximate surface area is 170 Å². The Balaban J connectivity index is 1.34. The number of hydrogen-bond donors (Lipinski definition) is 0. The standard InChI is InChI=1S/C25H36O3/c1-2-25(26)27-18-6-7-20-10-14-22(15-11-20)23-16-12-21(13-17-23)19-28-24-8-4-3-5-9-24/h2,12-13,16-17,20,22,24H,1,3-11,14-15,18-19H2. The fourth-order valence-electron chi connectivity index (χ4n) is 4.72. The topological polar surface area (TPSA) is 35.5 Å². The first-order valence-electron chi connectivity index (χ1n) is 11.2. The van der Waals surface area contributed by atoms with Crippen LogP contribution in [0.5, 0.6) is 0 Å². The minimum atomic E-state index is -0.309. The van der Waals surface area contributed by atoms with Crippen LogP contribution in [0.15, 0.2) is 36.9 Å². The first-order valence-corrected chi connectivity index (χ1v) is 11.2. The van der Waals surface area contributed by atoms with Gasteiger partial charge in [0.05, 0.1) is 19.3 Å². The van der Waals surface area contributed by atoms with Crippen LogP contribution in [0.3, 0.4) is 0 Å². The predicted octanol–water partition coefficient (Wildman–Crippen LogP) is 6.32. The maximum Gasteiger partial charge on any atom is 0.330 e. The zero-order valence-corrected chi connectivity index (χ0v) is 17.2. The van der Waals surface area contributed by atoms with E-state index >= 15 is 0 Å². The molecular formula is C25H36O3. The van der Waals surface area contributed by atoms with Crippen molar-refractivity contribution in [1.29, 1.82) is 0 Å². The van der Waals surface area contributed by atoms with Gasteiger partial charge in [-0.05, 0) is 74.3 Å². The Bertz CT molecular complexity index is 593. The quantitative estimate of drug-likeness (QED) is 0.284. The zero-order chi connectivity index (χ0) is 19.6. The third-order valence-corrected chi connectivity index (χ3v) is 6.50. The Kier molecular flexibility index (Phi) is 8.60. The molecule has 0 N–H and O–H groups in total. The van der Waals surface area contributed by atoms with Gasteiger partial charge in [0, 0.05) is 6.08 Å². The number of carbonyl (C=O) groups is 1. The average Bonchev–Trinajstić information content (AvgIpc) is 2.76. The van der Waals surface area contributed by atoms with Gasteiger partial charge < -0.3 is 9.47 Å². The molecule has 0 amide bonds. The van der Waals surface area contributed by atoms with Crippen molar-refractivity contribution in [2.24, 2.45) is 5.92 Å². The van der Waals surface area contributed by atoms with Crippen LogP contribution in [0.1, 0.15) is 87.7 Å². The summed E-state index contributed by atoms with van der Waals surface area (Å²) in [5, 5.41) is 0. The van der Waals surface area contributed by atoms with E-state index in [2.05, 4.69) is 30.8 Å². The highest BCUT2D eigenvalue weighted by atomic mass is 16.5. The fourth-order valence-corrected chi connectivity index (χ4v) is 4.72. The molecule has 0 saturated heterocycles. The molecule has 0 aliphatic heterocycles. The Morgan fingerprint density at radius 1 is 1.00 bits per heavy atom. The van der Waals surface area contributed by atoms with E-state index in [-0.39, 0.29) is 5.97 Å². The van der Waals surface area contributed by atoms with E-state index in [4.69, 9.17) is 9.47 Å². The van der Waals surface area contributed by atoms with Gasteiger partial charge >= 0.3 is 5.97 Å². The molecule has 2 saturated carbocycles. The predicted molar refractivity (Wildman–Crippen MR) is 113 cm³/mol. The highest BCUT2D eigenvalue weighted by Crippen LogP contribution is 2.37. The van der Waals surface area contributed by atoms with Crippen molar-refractivity contribution in [2.75, 3.05) is 6.61 Å². The second kappa shape index (κ2) is 11.4. The monoisotopic (exact) mass is 384 g/mol. The SMILES string of the molecule is C=CC(=O)OCCCC1CCC(c2ccc(COC3CCCCC3)cc2)CC1. The normalized spacial score (nSPS) is 23.3. The second-order valence-corrected chi connectivity index (χ2v) is 8.54. The molecule has 0 unspecified atom stereocenters. The maximum atomic E-state index is 11.1. The number of ether oxygens (including phenoxy) is 2. The summed E-state index contributed by atoms with van der Waals surface area (Å²) in [6.07, 6.45) is 15.4. The van der Waals surface area contributed by atoms with Crippen LogP contribution in [-0.2, 0) is 20.9 Å². The van der Waals surface area contributed by atoms with Gasteiger partial charge in [0.1, 0.15) is 0 Å². The van der Waals surface area contributed by atoms with Crippen LogP contribution < -0.4 is 0 Å². The first kappa shape index (κ1) is 21.1. The lowest BCUT2D eigenvalue weighted by molar-refractivity contribution is -0.137. The summed E-state index contributed by atoms with van der Waals surface area (Å²) in [6, 6.07) is 9.16. The van der Waals surface area contributed by atoms with E-state index in [1.165, 1.54) is 75.0 Å². The Morgan fingerprint density at radius 3 is 2.39 bits per heavy atom. The molecule has 2 aliphatic rings. The molecule has 0 bridgehead atoms. The zero-order valence-electron chi connectivity index (χ0n) is 17.2. The van der Waals surface area contributed by atoms with Crippen LogP contribution in [0.2, 0.25) is 0 Å². The maximum absolute atomic E-state index is 11.1. The van der Waals surface area contributed by atoms with Gasteiger partial charge in [0.25, 0.3) is 0 Å². The molecule has 28 heavy (non-hydrogen) atoms. The van der Waals surface area contributed by atoms with Gasteiger partial charge in [0.2, 0.25) is 0 Å². The number of benzene rings is 1. The molecule has 0 aromatic heterocycles. The highest BCUT2D eigenvalue weighted by Gasteiger charge is 2.22. The minimum Gasteiger partial charge on any atom is -0.463 e. The molecule has 2 aliphatic carbocycles. The Morgan fingerprint density at radius 2 is 1.71 bits per heavy atom. The van der Waals surface area contributed by atoms with Gasteiger partial charge in [-0.3, -0.25) is 0 Å². The van der Waals surface area contributed by atoms with E-state index in [0.29, 0.717) is 18.6 Å². The van der Waals surface area contributed by atoms with Crippen LogP contribution in [0.25, 0.3) is 0 Å². The molecule has 0 atom stereocenters. The summed E-state index contributed by atoms with van der Waals surface area (Å²) in [4.78, 5) is 11.1. The molecule has 154 valence electrons. The van der Waals surface area contributed by atoms with Gasteiger partial charge in [-0.2, -0.15) is 0 Å². The van der Waals surface area contributed by atoms with E-state index in [0.717, 1.165) is 25.4 Å². The lowest BCUT2D eigenvalue weighted by atomic mass is 9.77. The van der Waals surface area contributed by atoms with Crippen molar-refractivity contribution in [2.45, 2.75) is 89.3 Å². The van der Waals surface area contributed by atoms with Crippen molar-refractivity contribution in [1.82, 2.24) is 0 Å². The molecule has 1 aromatic rings. The van der Waals surface area contributed by atoms with Gasteiger partial charge in [-0.1, -0.05) is 50.1 Å². The Hall–Kier alpha value is -1.61. The summed E-state index contributed by atoms with van der Waals surface area (Å²) in [5.74, 6) is 1.17. The summed E-state index contributed by atoms with van der Waals surface area (Å²) in [7, 11) is 0. The number of carbonyl (C=O) groups excluding carboxylic acids is 1. The molecule has 1 aromatic carbocycles. The molecule has 3 rings (SSSR count). The summed E-state index contributed by atoms with van der Waals surface area (Å²) in [6.45, 7) is 4.70. The van der Waals surface area contributed by atoms with Crippen LogP contribution in [-0.4, -0.2) is 18.7 Å². The van der Waals surface area contributed by atoms with Crippen molar-refractivity contribution in [3.05, 3.63) is 48.0 Å². The summed E-state index contributed by atoms with van der Waals surface area (Å²) >= 11 is 0. The smallest absolute Gasteiger partial charge is 0.330 e. The molecule has 3 nitrogen and oxygen atoms in total. The van der Waals surface area contributed by atoms with E-state index in [1.54, 1.807) is 0 Å². The van der Waals surface area contributed by atoms with Gasteiger partial charge in [-0.25, -0.2) is 4.79 Å². The molecular weight excluding hydrogens is 348 g/mol. The summed E-state index contributed by atoms with van der Waals surface area (Å²) < 4.78 is 11.2. The number of hydrogen-bond acceptors (Lipinski definition) is 3. The van der Waals surface area contributed by atoms with Gasteiger partial charge in [0.15, 0.2) is 0 Å². The second-order valence-electron chi connectivity index (χ2n) is 8.54. The third kappa shape index (κ3) is 6.77. The first-order chi connectivity index (χ1) is 13.7. The van der Waals surface area contributed by atoms with Gasteiger partial charge in [-0.15, -0.1) is 0 Å². The summed E-state index contributed by atoms with van der Waals surface area (Å²) in [5.41, 5.74) is 2.79. The third-order valence-electron chi connectivity index (χ3n) is 6.50.